The van der Waals surface area contributed by atoms with Crippen molar-refractivity contribution in [3.8, 4) is 0 Å². The Morgan fingerprint density at radius 1 is 1.39 bits per heavy atom. The van der Waals surface area contributed by atoms with Crippen molar-refractivity contribution in [3.05, 3.63) is 23.8 Å². The minimum atomic E-state index is -3.08. The van der Waals surface area contributed by atoms with Gasteiger partial charge < -0.3 is 10.6 Å². The molecule has 1 fully saturated rings. The third kappa shape index (κ3) is 3.69. The summed E-state index contributed by atoms with van der Waals surface area (Å²) in [6.45, 7) is 1.75. The quantitative estimate of drug-likeness (QED) is 0.838. The van der Waals surface area contributed by atoms with Crippen LogP contribution < -0.4 is 10.6 Å². The number of thioether (sulfide) groups is 1. The monoisotopic (exact) mass is 354 g/mol. The molecule has 3 rings (SSSR count). The lowest BCUT2D eigenvalue weighted by Crippen LogP contribution is -2.46. The Morgan fingerprint density at radius 2 is 2.17 bits per heavy atom. The van der Waals surface area contributed by atoms with Crippen LogP contribution in [0, 0.1) is 0 Å². The lowest BCUT2D eigenvalue weighted by molar-refractivity contribution is -0.115. The van der Waals surface area contributed by atoms with Gasteiger partial charge in [0.25, 0.3) is 5.91 Å². The molecule has 1 aromatic carbocycles. The largest absolute Gasteiger partial charge is 0.346 e. The number of nitrogens with one attached hydrogen (secondary N) is 2. The molecule has 2 amide bonds. The van der Waals surface area contributed by atoms with Crippen molar-refractivity contribution in [2.45, 2.75) is 30.2 Å². The fourth-order valence-corrected chi connectivity index (χ4v) is 5.85. The summed E-state index contributed by atoms with van der Waals surface area (Å²) in [4.78, 5) is 25.0. The molecule has 0 bridgehead atoms. The molecule has 2 N–H and O–H groups in total. The van der Waals surface area contributed by atoms with Gasteiger partial charge in [-0.15, -0.1) is 11.8 Å². The van der Waals surface area contributed by atoms with E-state index in [0.29, 0.717) is 29.8 Å². The van der Waals surface area contributed by atoms with Gasteiger partial charge in [0.15, 0.2) is 9.84 Å². The van der Waals surface area contributed by atoms with Crippen molar-refractivity contribution in [1.29, 1.82) is 0 Å². The second-order valence-electron chi connectivity index (χ2n) is 6.21. The van der Waals surface area contributed by atoms with Crippen LogP contribution in [0.5, 0.6) is 0 Å². The molecule has 1 atom stereocenters. The molecule has 0 aliphatic carbocycles. The third-order valence-electron chi connectivity index (χ3n) is 4.02. The smallest absolute Gasteiger partial charge is 0.251 e. The first-order valence-electron chi connectivity index (χ1n) is 7.36. The van der Waals surface area contributed by atoms with Crippen LogP contribution in [0.15, 0.2) is 23.1 Å². The number of rotatable bonds is 2. The molecule has 6 nitrogen and oxygen atoms in total. The van der Waals surface area contributed by atoms with Crippen molar-refractivity contribution in [1.82, 2.24) is 5.32 Å². The van der Waals surface area contributed by atoms with Crippen LogP contribution in [0.25, 0.3) is 0 Å². The SMILES string of the molecule is C[C@]1(NC(=O)c2ccc3c(c2)NC(=O)CCS3)CCS(=O)(=O)C1. The molecular formula is C15H18N2O4S2. The average molecular weight is 354 g/mol. The van der Waals surface area contributed by atoms with Gasteiger partial charge in [-0.3, -0.25) is 9.59 Å². The molecule has 2 aliphatic rings. The maximum absolute atomic E-state index is 12.4. The van der Waals surface area contributed by atoms with Crippen LogP contribution in [0.3, 0.4) is 0 Å². The lowest BCUT2D eigenvalue weighted by atomic mass is 10.0. The molecule has 0 aromatic heterocycles. The van der Waals surface area contributed by atoms with Crippen LogP contribution in [0.4, 0.5) is 5.69 Å². The molecule has 2 heterocycles. The predicted molar refractivity (Wildman–Crippen MR) is 89.6 cm³/mol. The lowest BCUT2D eigenvalue weighted by Gasteiger charge is -2.24. The van der Waals surface area contributed by atoms with Gasteiger partial charge in [0.2, 0.25) is 5.91 Å². The van der Waals surface area contributed by atoms with E-state index in [-0.39, 0.29) is 23.3 Å². The minimum absolute atomic E-state index is 0.0384. The number of benzene rings is 1. The topological polar surface area (TPSA) is 92.3 Å². The first-order valence-corrected chi connectivity index (χ1v) is 10.2. The van der Waals surface area contributed by atoms with Crippen molar-refractivity contribution in [2.24, 2.45) is 0 Å². The Balaban J connectivity index is 1.79. The van der Waals surface area contributed by atoms with Gasteiger partial charge in [-0.05, 0) is 31.5 Å². The molecular weight excluding hydrogens is 336 g/mol. The summed E-state index contributed by atoms with van der Waals surface area (Å²) < 4.78 is 23.3. The molecule has 0 spiro atoms. The van der Waals surface area contributed by atoms with E-state index in [4.69, 9.17) is 0 Å². The van der Waals surface area contributed by atoms with E-state index in [1.165, 1.54) is 0 Å². The third-order valence-corrected chi connectivity index (χ3v) is 7.00. The van der Waals surface area contributed by atoms with Gasteiger partial charge in [0, 0.05) is 22.6 Å². The number of sulfone groups is 1. The molecule has 23 heavy (non-hydrogen) atoms. The van der Waals surface area contributed by atoms with Crippen molar-refractivity contribution < 1.29 is 18.0 Å². The number of fused-ring (bicyclic) bond motifs is 1. The van der Waals surface area contributed by atoms with Gasteiger partial charge in [-0.25, -0.2) is 8.42 Å². The summed E-state index contributed by atoms with van der Waals surface area (Å²) in [5, 5.41) is 5.62. The van der Waals surface area contributed by atoms with E-state index in [2.05, 4.69) is 10.6 Å². The second-order valence-corrected chi connectivity index (χ2v) is 9.54. The fraction of sp³-hybridized carbons (Fsp3) is 0.467. The Kier molecular flexibility index (Phi) is 4.14. The average Bonchev–Trinajstić information content (AvgIpc) is 2.63. The normalized spacial score (nSPS) is 26.0. The maximum Gasteiger partial charge on any atom is 0.251 e. The second kappa shape index (κ2) is 5.83. The van der Waals surface area contributed by atoms with Gasteiger partial charge in [-0.2, -0.15) is 0 Å². The Labute approximate surface area is 139 Å². The van der Waals surface area contributed by atoms with E-state index < -0.39 is 15.4 Å². The fourth-order valence-electron chi connectivity index (χ4n) is 2.82. The van der Waals surface area contributed by atoms with Crippen molar-refractivity contribution in [2.75, 3.05) is 22.6 Å². The Bertz CT molecular complexity index is 776. The Morgan fingerprint density at radius 3 is 2.87 bits per heavy atom. The molecule has 2 aliphatic heterocycles. The molecule has 1 saturated heterocycles. The standard InChI is InChI=1S/C15H18N2O4S2/c1-15(5-7-23(20,21)9-15)17-14(19)10-2-3-12-11(8-10)16-13(18)4-6-22-12/h2-3,8H,4-7,9H2,1H3,(H,16,18)(H,17,19)/t15-/m0/s1. The van der Waals surface area contributed by atoms with Crippen molar-refractivity contribution >= 4 is 39.1 Å². The number of amides is 2. The zero-order valence-corrected chi connectivity index (χ0v) is 14.4. The van der Waals surface area contributed by atoms with E-state index in [0.717, 1.165) is 4.90 Å². The molecule has 0 unspecified atom stereocenters. The van der Waals surface area contributed by atoms with E-state index in [1.807, 2.05) is 6.07 Å². The van der Waals surface area contributed by atoms with Crippen LogP contribution in [-0.2, 0) is 14.6 Å². The number of carbonyl (C=O) groups excluding carboxylic acids is 2. The van der Waals surface area contributed by atoms with Crippen LogP contribution in [0.2, 0.25) is 0 Å². The van der Waals surface area contributed by atoms with Crippen LogP contribution >= 0.6 is 11.8 Å². The number of anilines is 1. The van der Waals surface area contributed by atoms with Gasteiger partial charge in [-0.1, -0.05) is 0 Å². The van der Waals surface area contributed by atoms with E-state index in [9.17, 15) is 18.0 Å². The van der Waals surface area contributed by atoms with Crippen LogP contribution in [0.1, 0.15) is 30.1 Å². The van der Waals surface area contributed by atoms with Crippen LogP contribution in [-0.4, -0.2) is 43.0 Å². The number of carbonyl (C=O) groups is 2. The highest BCUT2D eigenvalue weighted by molar-refractivity contribution is 7.99. The van der Waals surface area contributed by atoms with Gasteiger partial charge in [0.05, 0.1) is 22.7 Å². The summed E-state index contributed by atoms with van der Waals surface area (Å²) in [6, 6.07) is 5.16. The highest BCUT2D eigenvalue weighted by Crippen LogP contribution is 2.32. The number of hydrogen-bond acceptors (Lipinski definition) is 5. The zero-order chi connectivity index (χ0) is 16.7. The van der Waals surface area contributed by atoms with Gasteiger partial charge >= 0.3 is 0 Å². The zero-order valence-electron chi connectivity index (χ0n) is 12.7. The van der Waals surface area contributed by atoms with E-state index >= 15 is 0 Å². The van der Waals surface area contributed by atoms with Gasteiger partial charge in [0.1, 0.15) is 0 Å². The number of hydrogen-bond donors (Lipinski definition) is 2. The minimum Gasteiger partial charge on any atom is -0.346 e. The molecule has 0 radical (unpaired) electrons. The summed E-state index contributed by atoms with van der Waals surface area (Å²) in [7, 11) is -3.08. The molecule has 1 aromatic rings. The Hall–Kier alpha value is -1.54. The van der Waals surface area contributed by atoms with E-state index in [1.54, 1.807) is 30.8 Å². The summed E-state index contributed by atoms with van der Waals surface area (Å²) >= 11 is 1.57. The molecule has 124 valence electrons. The summed E-state index contributed by atoms with van der Waals surface area (Å²) in [6.07, 6.45) is 0.857. The highest BCUT2D eigenvalue weighted by atomic mass is 32.2. The summed E-state index contributed by atoms with van der Waals surface area (Å²) in [5.41, 5.74) is 0.312. The first kappa shape index (κ1) is 16.3. The highest BCUT2D eigenvalue weighted by Gasteiger charge is 2.39. The molecule has 0 saturated carbocycles. The molecule has 8 heteroatoms. The maximum atomic E-state index is 12.4. The first-order chi connectivity index (χ1) is 10.8. The predicted octanol–water partition coefficient (Wildman–Crippen LogP) is 1.43. The summed E-state index contributed by atoms with van der Waals surface area (Å²) in [5.74, 6) is 0.378. The van der Waals surface area contributed by atoms with Crippen molar-refractivity contribution in [3.63, 3.8) is 0 Å².